The summed E-state index contributed by atoms with van der Waals surface area (Å²) in [4.78, 5) is 13.4. The molecule has 0 saturated carbocycles. The van der Waals surface area contributed by atoms with Crippen molar-refractivity contribution in [2.75, 3.05) is 24.6 Å². The van der Waals surface area contributed by atoms with E-state index in [1.54, 1.807) is 12.1 Å². The average molecular weight is 284 g/mol. The molecule has 1 aromatic carbocycles. The van der Waals surface area contributed by atoms with Crippen molar-refractivity contribution in [3.8, 4) is 0 Å². The zero-order chi connectivity index (χ0) is 13.8. The lowest BCUT2D eigenvalue weighted by molar-refractivity contribution is 0.0697. The van der Waals surface area contributed by atoms with E-state index >= 15 is 0 Å². The summed E-state index contributed by atoms with van der Waals surface area (Å²) in [6.45, 7) is 4.27. The predicted octanol–water partition coefficient (Wildman–Crippen LogP) is 3.04. The van der Waals surface area contributed by atoms with Crippen LogP contribution in [0, 0.1) is 0 Å². The van der Waals surface area contributed by atoms with Crippen LogP contribution in [0.4, 0.5) is 5.69 Å². The molecule has 1 aromatic rings. The number of carboxylic acid groups (broad SMARTS) is 1. The summed E-state index contributed by atoms with van der Waals surface area (Å²) < 4.78 is 5.62. The Kier molecular flexibility index (Phi) is 4.66. The Morgan fingerprint density at radius 1 is 1.58 bits per heavy atom. The normalized spacial score (nSPS) is 18.5. The van der Waals surface area contributed by atoms with Crippen molar-refractivity contribution in [1.29, 1.82) is 0 Å². The van der Waals surface area contributed by atoms with Gasteiger partial charge in [-0.3, -0.25) is 0 Å². The van der Waals surface area contributed by atoms with E-state index < -0.39 is 5.97 Å². The van der Waals surface area contributed by atoms with E-state index in [-0.39, 0.29) is 11.7 Å². The fraction of sp³-hybridized carbons (Fsp3) is 0.500. The lowest BCUT2D eigenvalue weighted by Crippen LogP contribution is -2.33. The fourth-order valence-corrected chi connectivity index (χ4v) is 2.56. The molecule has 19 heavy (non-hydrogen) atoms. The lowest BCUT2D eigenvalue weighted by atomic mass is 10.1. The van der Waals surface area contributed by atoms with Gasteiger partial charge in [-0.2, -0.15) is 0 Å². The van der Waals surface area contributed by atoms with Crippen LogP contribution in [0.5, 0.6) is 0 Å². The molecule has 0 spiro atoms. The largest absolute Gasteiger partial charge is 0.478 e. The smallest absolute Gasteiger partial charge is 0.337 e. The third kappa shape index (κ3) is 3.39. The first-order chi connectivity index (χ1) is 9.11. The van der Waals surface area contributed by atoms with Crippen LogP contribution in [0.1, 0.15) is 30.1 Å². The quantitative estimate of drug-likeness (QED) is 0.902. The summed E-state index contributed by atoms with van der Waals surface area (Å²) in [5, 5.41) is 9.72. The standard InChI is InChI=1S/C14H18ClNO3/c1-2-16(9-11-4-3-7-19-11)13-6-5-10(15)8-12(13)14(17)18/h5-6,8,11H,2-4,7,9H2,1H3,(H,17,18). The zero-order valence-corrected chi connectivity index (χ0v) is 11.7. The first-order valence-electron chi connectivity index (χ1n) is 6.51. The first kappa shape index (κ1) is 14.2. The van der Waals surface area contributed by atoms with Gasteiger partial charge in [0.25, 0.3) is 0 Å². The van der Waals surface area contributed by atoms with E-state index in [4.69, 9.17) is 16.3 Å². The first-order valence-corrected chi connectivity index (χ1v) is 6.89. The number of anilines is 1. The molecule has 1 unspecified atom stereocenters. The minimum Gasteiger partial charge on any atom is -0.478 e. The van der Waals surface area contributed by atoms with Crippen LogP contribution >= 0.6 is 11.6 Å². The molecule has 0 amide bonds. The van der Waals surface area contributed by atoms with Gasteiger partial charge < -0.3 is 14.7 Å². The topological polar surface area (TPSA) is 49.8 Å². The van der Waals surface area contributed by atoms with Crippen molar-refractivity contribution in [3.63, 3.8) is 0 Å². The number of benzene rings is 1. The summed E-state index contributed by atoms with van der Waals surface area (Å²) in [6, 6.07) is 4.99. The fourth-order valence-electron chi connectivity index (χ4n) is 2.39. The number of nitrogens with zero attached hydrogens (tertiary/aromatic N) is 1. The molecule has 1 N–H and O–H groups in total. The van der Waals surface area contributed by atoms with E-state index in [1.807, 2.05) is 11.8 Å². The Bertz CT molecular complexity index is 458. The predicted molar refractivity (Wildman–Crippen MR) is 75.3 cm³/mol. The number of carbonyl (C=O) groups is 1. The van der Waals surface area contributed by atoms with E-state index in [0.29, 0.717) is 10.7 Å². The summed E-state index contributed by atoms with van der Waals surface area (Å²) in [5.41, 5.74) is 0.947. The number of rotatable bonds is 5. The Balaban J connectivity index is 2.23. The minimum absolute atomic E-state index is 0.192. The van der Waals surface area contributed by atoms with Crippen LogP contribution in [0.15, 0.2) is 18.2 Å². The second-order valence-electron chi connectivity index (χ2n) is 4.64. The van der Waals surface area contributed by atoms with Crippen molar-refractivity contribution in [3.05, 3.63) is 28.8 Å². The SMILES string of the molecule is CCN(CC1CCCO1)c1ccc(Cl)cc1C(=O)O. The van der Waals surface area contributed by atoms with Crippen molar-refractivity contribution in [2.45, 2.75) is 25.9 Å². The Hall–Kier alpha value is -1.26. The van der Waals surface area contributed by atoms with E-state index in [2.05, 4.69) is 0 Å². The van der Waals surface area contributed by atoms with Crippen LogP contribution in [0.2, 0.25) is 5.02 Å². The molecular formula is C14H18ClNO3. The number of likely N-dealkylation sites (N-methyl/N-ethyl adjacent to an activating group) is 1. The Labute approximate surface area is 117 Å². The number of hydrogen-bond donors (Lipinski definition) is 1. The Morgan fingerprint density at radius 2 is 2.37 bits per heavy atom. The maximum absolute atomic E-state index is 11.3. The molecule has 2 rings (SSSR count). The van der Waals surface area contributed by atoms with Crippen LogP contribution in [-0.2, 0) is 4.74 Å². The molecule has 104 valence electrons. The average Bonchev–Trinajstić information content (AvgIpc) is 2.89. The molecule has 1 saturated heterocycles. The third-order valence-corrected chi connectivity index (χ3v) is 3.59. The number of hydrogen-bond acceptors (Lipinski definition) is 3. The molecular weight excluding hydrogens is 266 g/mol. The summed E-state index contributed by atoms with van der Waals surface area (Å²) in [6.07, 6.45) is 2.30. The van der Waals surface area contributed by atoms with Crippen molar-refractivity contribution >= 4 is 23.3 Å². The van der Waals surface area contributed by atoms with Gasteiger partial charge in [-0.1, -0.05) is 11.6 Å². The number of halogens is 1. The van der Waals surface area contributed by atoms with Gasteiger partial charge in [-0.25, -0.2) is 4.79 Å². The zero-order valence-electron chi connectivity index (χ0n) is 10.9. The van der Waals surface area contributed by atoms with E-state index in [0.717, 1.165) is 32.5 Å². The molecule has 1 fully saturated rings. The molecule has 0 aromatic heterocycles. The molecule has 0 aliphatic carbocycles. The highest BCUT2D eigenvalue weighted by atomic mass is 35.5. The molecule has 1 aliphatic rings. The van der Waals surface area contributed by atoms with Gasteiger partial charge in [-0.15, -0.1) is 0 Å². The maximum atomic E-state index is 11.3. The molecule has 4 nitrogen and oxygen atoms in total. The molecule has 1 aliphatic heterocycles. The van der Waals surface area contributed by atoms with Gasteiger partial charge in [0, 0.05) is 24.7 Å². The van der Waals surface area contributed by atoms with E-state index in [9.17, 15) is 9.90 Å². The molecule has 1 heterocycles. The molecule has 0 bridgehead atoms. The summed E-state index contributed by atoms with van der Waals surface area (Å²) in [7, 11) is 0. The second kappa shape index (κ2) is 6.26. The molecule has 1 atom stereocenters. The Morgan fingerprint density at radius 3 is 2.95 bits per heavy atom. The van der Waals surface area contributed by atoms with Crippen LogP contribution in [0.25, 0.3) is 0 Å². The summed E-state index contributed by atoms with van der Waals surface area (Å²) in [5.74, 6) is -0.955. The molecule has 5 heteroatoms. The highest BCUT2D eigenvalue weighted by Gasteiger charge is 2.21. The highest BCUT2D eigenvalue weighted by Crippen LogP contribution is 2.26. The van der Waals surface area contributed by atoms with Crippen LogP contribution in [-0.4, -0.2) is 36.9 Å². The summed E-state index contributed by atoms with van der Waals surface area (Å²) >= 11 is 5.87. The third-order valence-electron chi connectivity index (χ3n) is 3.36. The van der Waals surface area contributed by atoms with Crippen molar-refractivity contribution < 1.29 is 14.6 Å². The van der Waals surface area contributed by atoms with Crippen molar-refractivity contribution in [1.82, 2.24) is 0 Å². The van der Waals surface area contributed by atoms with Gasteiger partial charge >= 0.3 is 5.97 Å². The van der Waals surface area contributed by atoms with Crippen LogP contribution in [0.3, 0.4) is 0 Å². The number of ether oxygens (including phenoxy) is 1. The van der Waals surface area contributed by atoms with Gasteiger partial charge in [0.1, 0.15) is 0 Å². The van der Waals surface area contributed by atoms with Crippen LogP contribution < -0.4 is 4.90 Å². The van der Waals surface area contributed by atoms with E-state index in [1.165, 1.54) is 6.07 Å². The van der Waals surface area contributed by atoms with Gasteiger partial charge in [0.05, 0.1) is 17.4 Å². The molecule has 0 radical (unpaired) electrons. The lowest BCUT2D eigenvalue weighted by Gasteiger charge is -2.27. The monoisotopic (exact) mass is 283 g/mol. The second-order valence-corrected chi connectivity index (χ2v) is 5.08. The van der Waals surface area contributed by atoms with Gasteiger partial charge in [0.15, 0.2) is 0 Å². The maximum Gasteiger partial charge on any atom is 0.337 e. The van der Waals surface area contributed by atoms with Gasteiger partial charge in [-0.05, 0) is 38.0 Å². The van der Waals surface area contributed by atoms with Gasteiger partial charge in [0.2, 0.25) is 0 Å². The minimum atomic E-state index is -0.955. The van der Waals surface area contributed by atoms with Crippen molar-refractivity contribution in [2.24, 2.45) is 0 Å². The number of carboxylic acids is 1. The highest BCUT2D eigenvalue weighted by molar-refractivity contribution is 6.31. The number of aromatic carboxylic acids is 1.